The van der Waals surface area contributed by atoms with E-state index in [0.29, 0.717) is 11.6 Å². The minimum absolute atomic E-state index is 0. The molecule has 34 heavy (non-hydrogen) atoms. The molecule has 1 unspecified atom stereocenters. The van der Waals surface area contributed by atoms with E-state index < -0.39 is 7.53 Å². The summed E-state index contributed by atoms with van der Waals surface area (Å²) in [7, 11) is -0.769. The van der Waals surface area contributed by atoms with Gasteiger partial charge < -0.3 is 4.74 Å². The molecule has 166 valence electrons. The van der Waals surface area contributed by atoms with Gasteiger partial charge in [0.25, 0.3) is 0 Å². The Morgan fingerprint density at radius 3 is 2.38 bits per heavy atom. The quantitative estimate of drug-likeness (QED) is 0.183. The number of aromatic nitrogens is 2. The summed E-state index contributed by atoms with van der Waals surface area (Å²) in [5, 5.41) is 5.08. The normalized spacial score (nSPS) is 11.4. The van der Waals surface area contributed by atoms with Gasteiger partial charge >= 0.3 is 21.1 Å². The fourth-order valence-corrected chi connectivity index (χ4v) is 6.80. The van der Waals surface area contributed by atoms with Gasteiger partial charge in [0.2, 0.25) is 5.88 Å². The number of nitrogens with zero attached hydrogens (tertiary/aromatic N) is 2. The fourth-order valence-electron chi connectivity index (χ4n) is 4.17. The third-order valence-corrected chi connectivity index (χ3v) is 8.25. The maximum atomic E-state index is 5.90. The van der Waals surface area contributed by atoms with E-state index in [-0.39, 0.29) is 21.1 Å². The molecule has 3 heterocycles. The van der Waals surface area contributed by atoms with Crippen LogP contribution in [-0.2, 0) is 21.1 Å². The first-order valence-corrected chi connectivity index (χ1v) is 12.1. The van der Waals surface area contributed by atoms with E-state index in [9.17, 15) is 0 Å². The molecule has 0 amide bonds. The Hall–Kier alpha value is -3.25. The fraction of sp³-hybridized carbons (Fsp3) is 0.0345. The van der Waals surface area contributed by atoms with Crippen molar-refractivity contribution in [3.63, 3.8) is 0 Å². The number of ether oxygens (including phenoxy) is 1. The molecule has 0 radical (unpaired) electrons. The third kappa shape index (κ3) is 4.07. The van der Waals surface area contributed by atoms with Crippen LogP contribution in [0.2, 0.25) is 0 Å². The SMILES string of the molecule is Cc1cccnc1-p1c2[c-]c(-c3[c-]c(Oc4ccccn4)ccc3)ccc2c2ccccc21.[Pt+2]. The molecule has 3 aromatic carbocycles. The van der Waals surface area contributed by atoms with Crippen molar-refractivity contribution in [2.24, 2.45) is 0 Å². The van der Waals surface area contributed by atoms with E-state index in [1.165, 1.54) is 26.6 Å². The van der Waals surface area contributed by atoms with Crippen LogP contribution in [0.5, 0.6) is 11.6 Å². The molecule has 0 spiro atoms. The zero-order valence-electron chi connectivity index (χ0n) is 18.3. The summed E-state index contributed by atoms with van der Waals surface area (Å²) >= 11 is 0. The van der Waals surface area contributed by atoms with Gasteiger partial charge in [0, 0.05) is 24.2 Å². The van der Waals surface area contributed by atoms with Gasteiger partial charge in [-0.3, -0.25) is 4.98 Å². The van der Waals surface area contributed by atoms with Crippen molar-refractivity contribution in [1.29, 1.82) is 0 Å². The summed E-state index contributed by atoms with van der Waals surface area (Å²) < 4.78 is 5.90. The van der Waals surface area contributed by atoms with E-state index in [1.807, 2.05) is 48.7 Å². The second-order valence-electron chi connectivity index (χ2n) is 7.83. The molecule has 1 atom stereocenters. The Morgan fingerprint density at radius 2 is 1.53 bits per heavy atom. The van der Waals surface area contributed by atoms with E-state index in [4.69, 9.17) is 9.72 Å². The maximum Gasteiger partial charge on any atom is 2.00 e. The minimum Gasteiger partial charge on any atom is -0.460 e. The van der Waals surface area contributed by atoms with Crippen LogP contribution in [0.3, 0.4) is 0 Å². The molecule has 0 aliphatic carbocycles. The summed E-state index contributed by atoms with van der Waals surface area (Å²) in [6.45, 7) is 2.14. The van der Waals surface area contributed by atoms with E-state index >= 15 is 0 Å². The monoisotopic (exact) mass is 637 g/mol. The van der Waals surface area contributed by atoms with Crippen LogP contribution >= 0.6 is 7.53 Å². The number of pyridine rings is 2. The predicted molar refractivity (Wildman–Crippen MR) is 135 cm³/mol. The maximum absolute atomic E-state index is 5.90. The van der Waals surface area contributed by atoms with Crippen molar-refractivity contribution >= 4 is 28.5 Å². The number of benzene rings is 3. The first-order chi connectivity index (χ1) is 16.3. The van der Waals surface area contributed by atoms with Crippen LogP contribution in [0.25, 0.3) is 37.6 Å². The Kier molecular flexibility index (Phi) is 6.33. The first kappa shape index (κ1) is 22.5. The second-order valence-corrected chi connectivity index (χ2v) is 9.85. The molecular weight excluding hydrogens is 618 g/mol. The van der Waals surface area contributed by atoms with E-state index in [0.717, 1.165) is 16.6 Å². The minimum atomic E-state index is -0.769. The second kappa shape index (κ2) is 9.55. The van der Waals surface area contributed by atoms with Crippen molar-refractivity contribution < 1.29 is 25.8 Å². The summed E-state index contributed by atoms with van der Waals surface area (Å²) in [4.78, 5) is 9.04. The Balaban J connectivity index is 0.00000241. The standard InChI is InChI=1S/C29H19N2OP.Pt/c1-20-8-7-17-31-29(20)33-26-12-3-2-11-24(26)25-15-14-22(19-27(25)33)21-9-6-10-23(18-21)32-28-13-4-5-16-30-28;/h2-17H,1H3;/q-2;+2. The zero-order valence-corrected chi connectivity index (χ0v) is 21.5. The predicted octanol–water partition coefficient (Wildman–Crippen LogP) is 8.12. The van der Waals surface area contributed by atoms with Crippen molar-refractivity contribution in [2.75, 3.05) is 0 Å². The summed E-state index contributed by atoms with van der Waals surface area (Å²) in [5.41, 5.74) is 4.29. The summed E-state index contributed by atoms with van der Waals surface area (Å²) in [6, 6.07) is 35.8. The van der Waals surface area contributed by atoms with Gasteiger partial charge in [0.05, 0.1) is 5.44 Å². The number of hydrogen-bond acceptors (Lipinski definition) is 3. The molecule has 0 bridgehead atoms. The topological polar surface area (TPSA) is 35.0 Å². The van der Waals surface area contributed by atoms with Crippen LogP contribution in [-0.4, -0.2) is 9.97 Å². The van der Waals surface area contributed by atoms with Gasteiger partial charge in [0.15, 0.2) is 0 Å². The molecule has 0 saturated heterocycles. The Labute approximate surface area is 213 Å². The average Bonchev–Trinajstić information content (AvgIpc) is 3.19. The molecule has 6 rings (SSSR count). The largest absolute Gasteiger partial charge is 2.00 e. The van der Waals surface area contributed by atoms with Gasteiger partial charge in [-0.05, 0) is 35.1 Å². The van der Waals surface area contributed by atoms with Crippen LogP contribution in [0, 0.1) is 19.1 Å². The van der Waals surface area contributed by atoms with Crippen LogP contribution < -0.4 is 4.74 Å². The third-order valence-electron chi connectivity index (χ3n) is 5.69. The molecule has 0 aliphatic heterocycles. The van der Waals surface area contributed by atoms with Crippen molar-refractivity contribution in [3.8, 4) is 28.2 Å². The molecule has 3 aromatic heterocycles. The molecule has 0 N–H and O–H groups in total. The smallest absolute Gasteiger partial charge is 0.460 e. The van der Waals surface area contributed by atoms with E-state index in [2.05, 4.69) is 66.5 Å². The van der Waals surface area contributed by atoms with Crippen molar-refractivity contribution in [3.05, 3.63) is 115 Å². The molecular formula is C29H19N2OPPt. The van der Waals surface area contributed by atoms with Crippen molar-refractivity contribution in [2.45, 2.75) is 6.92 Å². The first-order valence-electron chi connectivity index (χ1n) is 10.8. The number of aryl methyl sites for hydroxylation is 1. The molecule has 3 nitrogen and oxygen atoms in total. The average molecular weight is 638 g/mol. The molecule has 5 heteroatoms. The Bertz CT molecular complexity index is 1610. The molecule has 6 aromatic rings. The van der Waals surface area contributed by atoms with Gasteiger partial charge in [-0.25, -0.2) is 16.1 Å². The summed E-state index contributed by atoms with van der Waals surface area (Å²) in [6.07, 6.45) is 3.61. The molecule has 0 aliphatic rings. The number of fused-ring (bicyclic) bond motifs is 3. The summed E-state index contributed by atoms with van der Waals surface area (Å²) in [5.74, 6) is 1.18. The number of hydrogen-bond donors (Lipinski definition) is 0. The van der Waals surface area contributed by atoms with Crippen LogP contribution in [0.1, 0.15) is 5.56 Å². The van der Waals surface area contributed by atoms with Crippen LogP contribution in [0.4, 0.5) is 0 Å². The Morgan fingerprint density at radius 1 is 0.706 bits per heavy atom. The van der Waals surface area contributed by atoms with Gasteiger partial charge in [-0.1, -0.05) is 54.4 Å². The molecule has 0 fully saturated rings. The van der Waals surface area contributed by atoms with Gasteiger partial charge in [-0.2, -0.15) is 24.3 Å². The molecule has 0 saturated carbocycles. The zero-order chi connectivity index (χ0) is 22.2. The van der Waals surface area contributed by atoms with Gasteiger partial charge in [-0.15, -0.1) is 18.2 Å². The van der Waals surface area contributed by atoms with E-state index in [1.54, 1.807) is 6.20 Å². The number of rotatable bonds is 4. The van der Waals surface area contributed by atoms with Crippen molar-refractivity contribution in [1.82, 2.24) is 9.97 Å². The van der Waals surface area contributed by atoms with Crippen LogP contribution in [0.15, 0.2) is 97.3 Å². The van der Waals surface area contributed by atoms with Gasteiger partial charge in [0.1, 0.15) is 0 Å².